The molecule has 2 N–H and O–H groups in total. The lowest BCUT2D eigenvalue weighted by atomic mass is 9.96. The van der Waals surface area contributed by atoms with E-state index in [0.29, 0.717) is 12.0 Å². The minimum Gasteiger partial charge on any atom is -0.388 e. The molecular formula is C19H23NO2. The van der Waals surface area contributed by atoms with Gasteiger partial charge in [-0.05, 0) is 44.4 Å². The van der Waals surface area contributed by atoms with Gasteiger partial charge in [0.25, 0.3) is 5.91 Å². The maximum atomic E-state index is 12.1. The van der Waals surface area contributed by atoms with Crippen LogP contribution in [0.3, 0.4) is 0 Å². The molecular weight excluding hydrogens is 274 g/mol. The molecule has 116 valence electrons. The summed E-state index contributed by atoms with van der Waals surface area (Å²) in [7, 11) is 0. The van der Waals surface area contributed by atoms with Crippen molar-refractivity contribution in [1.29, 1.82) is 0 Å². The highest BCUT2D eigenvalue weighted by atomic mass is 16.3. The SMILES string of the molecule is Cc1ccc(C(=O)NCC(C)(O)CCc2ccccc2)cc1. The van der Waals surface area contributed by atoms with Gasteiger partial charge in [-0.2, -0.15) is 0 Å². The van der Waals surface area contributed by atoms with Gasteiger partial charge >= 0.3 is 0 Å². The molecule has 1 atom stereocenters. The van der Waals surface area contributed by atoms with E-state index < -0.39 is 5.60 Å². The zero-order valence-electron chi connectivity index (χ0n) is 13.2. The summed E-state index contributed by atoms with van der Waals surface area (Å²) in [6.45, 7) is 3.98. The second-order valence-corrected chi connectivity index (χ2v) is 6.03. The van der Waals surface area contributed by atoms with Gasteiger partial charge in [0.15, 0.2) is 0 Å². The van der Waals surface area contributed by atoms with Crippen molar-refractivity contribution in [2.24, 2.45) is 0 Å². The zero-order chi connectivity index (χ0) is 16.0. The van der Waals surface area contributed by atoms with E-state index in [-0.39, 0.29) is 12.5 Å². The molecule has 0 aromatic heterocycles. The van der Waals surface area contributed by atoms with Gasteiger partial charge in [0.05, 0.1) is 5.60 Å². The van der Waals surface area contributed by atoms with Gasteiger partial charge in [-0.15, -0.1) is 0 Å². The Kier molecular flexibility index (Phi) is 5.34. The number of amides is 1. The van der Waals surface area contributed by atoms with E-state index in [9.17, 15) is 9.90 Å². The summed E-state index contributed by atoms with van der Waals surface area (Å²) in [4.78, 5) is 12.1. The van der Waals surface area contributed by atoms with Gasteiger partial charge in [0.2, 0.25) is 0 Å². The molecule has 0 radical (unpaired) electrons. The minimum absolute atomic E-state index is 0.153. The molecule has 0 aliphatic rings. The number of carbonyl (C=O) groups excluding carboxylic acids is 1. The predicted molar refractivity (Wildman–Crippen MR) is 88.9 cm³/mol. The van der Waals surface area contributed by atoms with E-state index in [2.05, 4.69) is 5.32 Å². The normalized spacial score (nSPS) is 13.4. The number of hydrogen-bond acceptors (Lipinski definition) is 2. The van der Waals surface area contributed by atoms with Crippen molar-refractivity contribution in [2.75, 3.05) is 6.54 Å². The highest BCUT2D eigenvalue weighted by Gasteiger charge is 2.21. The van der Waals surface area contributed by atoms with Crippen LogP contribution in [0.1, 0.15) is 34.8 Å². The lowest BCUT2D eigenvalue weighted by Crippen LogP contribution is -2.41. The minimum atomic E-state index is -0.920. The number of nitrogens with one attached hydrogen (secondary N) is 1. The van der Waals surface area contributed by atoms with Crippen LogP contribution < -0.4 is 5.32 Å². The van der Waals surface area contributed by atoms with Gasteiger partial charge in [-0.1, -0.05) is 48.0 Å². The maximum absolute atomic E-state index is 12.1. The number of aliphatic hydroxyl groups is 1. The summed E-state index contributed by atoms with van der Waals surface area (Å²) in [5.41, 5.74) is 2.00. The Labute approximate surface area is 132 Å². The summed E-state index contributed by atoms with van der Waals surface area (Å²) in [5, 5.41) is 13.2. The lowest BCUT2D eigenvalue weighted by Gasteiger charge is -2.23. The molecule has 0 saturated heterocycles. The Morgan fingerprint density at radius 3 is 2.36 bits per heavy atom. The third-order valence-corrected chi connectivity index (χ3v) is 3.74. The fourth-order valence-electron chi connectivity index (χ4n) is 2.22. The highest BCUT2D eigenvalue weighted by Crippen LogP contribution is 2.13. The first kappa shape index (κ1) is 16.2. The first-order valence-electron chi connectivity index (χ1n) is 7.57. The van der Waals surface area contributed by atoms with Crippen LogP contribution in [-0.4, -0.2) is 23.2 Å². The average Bonchev–Trinajstić information content (AvgIpc) is 2.53. The number of hydrogen-bond donors (Lipinski definition) is 2. The fraction of sp³-hybridized carbons (Fsp3) is 0.316. The standard InChI is InChI=1S/C19H23NO2/c1-15-8-10-17(11-9-15)18(21)20-14-19(2,22)13-12-16-6-4-3-5-7-16/h3-11,22H,12-14H2,1-2H3,(H,20,21). The Bertz CT molecular complexity index is 603. The van der Waals surface area contributed by atoms with Crippen LogP contribution in [0.4, 0.5) is 0 Å². The van der Waals surface area contributed by atoms with Gasteiger partial charge in [0.1, 0.15) is 0 Å². The van der Waals surface area contributed by atoms with Crippen molar-refractivity contribution in [3.63, 3.8) is 0 Å². The van der Waals surface area contributed by atoms with Crippen LogP contribution in [0, 0.1) is 6.92 Å². The number of rotatable bonds is 6. The Balaban J connectivity index is 1.83. The molecule has 2 aromatic carbocycles. The van der Waals surface area contributed by atoms with E-state index in [0.717, 1.165) is 12.0 Å². The molecule has 22 heavy (non-hydrogen) atoms. The summed E-state index contributed by atoms with van der Waals surface area (Å²) >= 11 is 0. The van der Waals surface area contributed by atoms with E-state index in [1.807, 2.05) is 49.4 Å². The van der Waals surface area contributed by atoms with Crippen LogP contribution in [0.15, 0.2) is 54.6 Å². The summed E-state index contributed by atoms with van der Waals surface area (Å²) in [6.07, 6.45) is 1.39. The van der Waals surface area contributed by atoms with Crippen LogP contribution in [0.5, 0.6) is 0 Å². The Morgan fingerprint density at radius 1 is 1.09 bits per heavy atom. The molecule has 0 heterocycles. The third kappa shape index (κ3) is 5.01. The first-order valence-corrected chi connectivity index (χ1v) is 7.57. The molecule has 0 aliphatic carbocycles. The van der Waals surface area contributed by atoms with Gasteiger partial charge in [-0.25, -0.2) is 0 Å². The molecule has 1 amide bonds. The number of aryl methyl sites for hydroxylation is 2. The van der Waals surface area contributed by atoms with E-state index in [1.54, 1.807) is 19.1 Å². The summed E-state index contributed by atoms with van der Waals surface area (Å²) in [5.74, 6) is -0.153. The molecule has 0 spiro atoms. The van der Waals surface area contributed by atoms with E-state index >= 15 is 0 Å². The topological polar surface area (TPSA) is 49.3 Å². The molecule has 2 rings (SSSR count). The quantitative estimate of drug-likeness (QED) is 0.860. The average molecular weight is 297 g/mol. The second-order valence-electron chi connectivity index (χ2n) is 6.03. The van der Waals surface area contributed by atoms with Crippen LogP contribution in [-0.2, 0) is 6.42 Å². The predicted octanol–water partition coefficient (Wildman–Crippen LogP) is 3.11. The fourth-order valence-corrected chi connectivity index (χ4v) is 2.22. The smallest absolute Gasteiger partial charge is 0.251 e. The largest absolute Gasteiger partial charge is 0.388 e. The summed E-state index contributed by atoms with van der Waals surface area (Å²) < 4.78 is 0. The number of benzene rings is 2. The molecule has 2 aromatic rings. The van der Waals surface area contributed by atoms with Gasteiger partial charge < -0.3 is 10.4 Å². The molecule has 0 aliphatic heterocycles. The highest BCUT2D eigenvalue weighted by molar-refractivity contribution is 5.94. The molecule has 0 bridgehead atoms. The van der Waals surface area contributed by atoms with Crippen molar-refractivity contribution in [2.45, 2.75) is 32.3 Å². The van der Waals surface area contributed by atoms with E-state index in [1.165, 1.54) is 5.56 Å². The van der Waals surface area contributed by atoms with Gasteiger partial charge in [0, 0.05) is 12.1 Å². The molecule has 3 nitrogen and oxygen atoms in total. The van der Waals surface area contributed by atoms with Crippen molar-refractivity contribution in [3.8, 4) is 0 Å². The maximum Gasteiger partial charge on any atom is 0.251 e. The lowest BCUT2D eigenvalue weighted by molar-refractivity contribution is 0.0478. The van der Waals surface area contributed by atoms with Crippen LogP contribution in [0.2, 0.25) is 0 Å². The number of carbonyl (C=O) groups is 1. The molecule has 0 saturated carbocycles. The van der Waals surface area contributed by atoms with Crippen molar-refractivity contribution in [1.82, 2.24) is 5.32 Å². The van der Waals surface area contributed by atoms with Crippen molar-refractivity contribution >= 4 is 5.91 Å². The van der Waals surface area contributed by atoms with Crippen molar-refractivity contribution < 1.29 is 9.90 Å². The first-order chi connectivity index (χ1) is 10.5. The van der Waals surface area contributed by atoms with Gasteiger partial charge in [-0.3, -0.25) is 4.79 Å². The monoisotopic (exact) mass is 297 g/mol. The summed E-state index contributed by atoms with van der Waals surface area (Å²) in [6, 6.07) is 17.4. The van der Waals surface area contributed by atoms with Crippen LogP contribution >= 0.6 is 0 Å². The van der Waals surface area contributed by atoms with Crippen molar-refractivity contribution in [3.05, 3.63) is 71.3 Å². The molecule has 0 fully saturated rings. The third-order valence-electron chi connectivity index (χ3n) is 3.74. The Morgan fingerprint density at radius 2 is 1.73 bits per heavy atom. The molecule has 3 heteroatoms. The molecule has 1 unspecified atom stereocenters. The van der Waals surface area contributed by atoms with Crippen LogP contribution in [0.25, 0.3) is 0 Å². The second kappa shape index (κ2) is 7.23. The Hall–Kier alpha value is -2.13. The van der Waals surface area contributed by atoms with E-state index in [4.69, 9.17) is 0 Å². The zero-order valence-corrected chi connectivity index (χ0v) is 13.2.